The van der Waals surface area contributed by atoms with Gasteiger partial charge in [-0.2, -0.15) is 0 Å². The lowest BCUT2D eigenvalue weighted by molar-refractivity contribution is 0.0934. The second-order valence-electron chi connectivity index (χ2n) is 6.24. The Morgan fingerprint density at radius 1 is 1.13 bits per heavy atom. The van der Waals surface area contributed by atoms with Crippen molar-refractivity contribution in [3.63, 3.8) is 0 Å². The van der Waals surface area contributed by atoms with Crippen LogP contribution in [0.3, 0.4) is 0 Å². The molecule has 122 valence electrons. The molecule has 1 amide bonds. The Kier molecular flexibility index (Phi) is 4.73. The summed E-state index contributed by atoms with van der Waals surface area (Å²) in [5.41, 5.74) is 5.93. The zero-order chi connectivity index (χ0) is 17.3. The highest BCUT2D eigenvalue weighted by Crippen LogP contribution is 2.22. The standard InChI is InChI=1S/C19H24N2O2/c1-10-7-8-11(2)16(9-10)13(4)21-19(23)18-12(3)17(15(6)22)14(5)20-18/h7-9,13,20H,1-6H3,(H,21,23). The Morgan fingerprint density at radius 3 is 2.35 bits per heavy atom. The highest BCUT2D eigenvalue weighted by atomic mass is 16.2. The number of Topliss-reactive ketones (excluding diaryl/α,β-unsaturated/α-hetero) is 1. The van der Waals surface area contributed by atoms with Crippen LogP contribution in [0.5, 0.6) is 0 Å². The van der Waals surface area contributed by atoms with Gasteiger partial charge in [-0.05, 0) is 58.2 Å². The minimum absolute atomic E-state index is 0.0297. The van der Waals surface area contributed by atoms with Crippen LogP contribution in [0.1, 0.15) is 68.7 Å². The maximum absolute atomic E-state index is 12.6. The van der Waals surface area contributed by atoms with Gasteiger partial charge in [0.2, 0.25) is 0 Å². The van der Waals surface area contributed by atoms with Crippen LogP contribution >= 0.6 is 0 Å². The number of hydrogen-bond donors (Lipinski definition) is 2. The van der Waals surface area contributed by atoms with E-state index in [1.54, 1.807) is 6.92 Å². The summed E-state index contributed by atoms with van der Waals surface area (Å²) < 4.78 is 0. The van der Waals surface area contributed by atoms with Gasteiger partial charge >= 0.3 is 0 Å². The van der Waals surface area contributed by atoms with Gasteiger partial charge in [-0.25, -0.2) is 0 Å². The summed E-state index contributed by atoms with van der Waals surface area (Å²) in [7, 11) is 0. The summed E-state index contributed by atoms with van der Waals surface area (Å²) in [5, 5.41) is 3.02. The molecule has 1 atom stereocenters. The number of carbonyl (C=O) groups excluding carboxylic acids is 2. The summed E-state index contributed by atoms with van der Waals surface area (Å²) in [5.74, 6) is -0.218. The molecule has 1 heterocycles. The smallest absolute Gasteiger partial charge is 0.268 e. The molecule has 1 aromatic heterocycles. The molecule has 0 fully saturated rings. The summed E-state index contributed by atoms with van der Waals surface area (Å²) in [4.78, 5) is 27.3. The first-order valence-corrected chi connectivity index (χ1v) is 7.80. The van der Waals surface area contributed by atoms with E-state index in [0.29, 0.717) is 16.8 Å². The van der Waals surface area contributed by atoms with Crippen molar-refractivity contribution < 1.29 is 9.59 Å². The molecule has 4 nitrogen and oxygen atoms in total. The second kappa shape index (κ2) is 6.41. The van der Waals surface area contributed by atoms with Gasteiger partial charge in [0.15, 0.2) is 5.78 Å². The number of carbonyl (C=O) groups is 2. The molecular formula is C19H24N2O2. The van der Waals surface area contributed by atoms with E-state index < -0.39 is 0 Å². The van der Waals surface area contributed by atoms with E-state index in [0.717, 1.165) is 22.4 Å². The Morgan fingerprint density at radius 2 is 1.78 bits per heavy atom. The lowest BCUT2D eigenvalue weighted by atomic mass is 9.99. The zero-order valence-corrected chi connectivity index (χ0v) is 14.6. The number of rotatable bonds is 4. The summed E-state index contributed by atoms with van der Waals surface area (Å²) in [6, 6.07) is 6.11. The van der Waals surface area contributed by atoms with E-state index >= 15 is 0 Å². The monoisotopic (exact) mass is 312 g/mol. The first kappa shape index (κ1) is 17.0. The third kappa shape index (κ3) is 3.36. The number of H-pyrrole nitrogens is 1. The molecule has 4 heteroatoms. The Labute approximate surface area is 137 Å². The quantitative estimate of drug-likeness (QED) is 0.840. The normalized spacial score (nSPS) is 12.1. The number of aromatic nitrogens is 1. The molecule has 2 N–H and O–H groups in total. The predicted molar refractivity (Wildman–Crippen MR) is 92.1 cm³/mol. The van der Waals surface area contributed by atoms with Gasteiger partial charge in [-0.15, -0.1) is 0 Å². The molecule has 0 aliphatic rings. The molecule has 0 aliphatic heterocycles. The number of hydrogen-bond acceptors (Lipinski definition) is 2. The maximum atomic E-state index is 12.6. The summed E-state index contributed by atoms with van der Waals surface area (Å²) in [6.45, 7) is 11.2. The van der Waals surface area contributed by atoms with E-state index in [9.17, 15) is 9.59 Å². The van der Waals surface area contributed by atoms with Gasteiger partial charge < -0.3 is 10.3 Å². The van der Waals surface area contributed by atoms with E-state index in [4.69, 9.17) is 0 Å². The molecule has 0 saturated carbocycles. The number of benzene rings is 1. The number of aryl methyl sites for hydroxylation is 3. The van der Waals surface area contributed by atoms with Crippen molar-refractivity contribution in [2.75, 3.05) is 0 Å². The average Bonchev–Trinajstić information content (AvgIpc) is 2.76. The molecule has 0 bridgehead atoms. The lowest BCUT2D eigenvalue weighted by Crippen LogP contribution is -2.28. The highest BCUT2D eigenvalue weighted by molar-refractivity contribution is 6.02. The lowest BCUT2D eigenvalue weighted by Gasteiger charge is -2.17. The third-order valence-corrected chi connectivity index (χ3v) is 4.27. The number of nitrogens with one attached hydrogen (secondary N) is 2. The summed E-state index contributed by atoms with van der Waals surface area (Å²) >= 11 is 0. The van der Waals surface area contributed by atoms with Crippen molar-refractivity contribution in [3.8, 4) is 0 Å². The Hall–Kier alpha value is -2.36. The van der Waals surface area contributed by atoms with E-state index in [-0.39, 0.29) is 17.7 Å². The van der Waals surface area contributed by atoms with Crippen molar-refractivity contribution in [2.24, 2.45) is 0 Å². The van der Waals surface area contributed by atoms with Crippen LogP contribution in [0, 0.1) is 27.7 Å². The van der Waals surface area contributed by atoms with Gasteiger partial charge in [0, 0.05) is 11.3 Å². The van der Waals surface area contributed by atoms with Crippen LogP contribution in [0.2, 0.25) is 0 Å². The SMILES string of the molecule is CC(=O)c1c(C)[nH]c(C(=O)NC(C)c2cc(C)ccc2C)c1C. The molecule has 0 radical (unpaired) electrons. The molecule has 0 saturated heterocycles. The average molecular weight is 312 g/mol. The molecule has 1 unspecified atom stereocenters. The van der Waals surface area contributed by atoms with Crippen molar-refractivity contribution in [2.45, 2.75) is 47.6 Å². The van der Waals surface area contributed by atoms with Crippen molar-refractivity contribution in [1.29, 1.82) is 0 Å². The van der Waals surface area contributed by atoms with Gasteiger partial charge in [0.05, 0.1) is 6.04 Å². The fraction of sp³-hybridized carbons (Fsp3) is 0.368. The van der Waals surface area contributed by atoms with Crippen LogP contribution in [0.15, 0.2) is 18.2 Å². The van der Waals surface area contributed by atoms with Crippen molar-refractivity contribution >= 4 is 11.7 Å². The topological polar surface area (TPSA) is 62.0 Å². The van der Waals surface area contributed by atoms with Gasteiger partial charge in [0.25, 0.3) is 5.91 Å². The molecule has 1 aromatic carbocycles. The maximum Gasteiger partial charge on any atom is 0.268 e. The Balaban J connectivity index is 2.27. The molecule has 0 aliphatic carbocycles. The zero-order valence-electron chi connectivity index (χ0n) is 14.6. The van der Waals surface area contributed by atoms with E-state index in [2.05, 4.69) is 28.5 Å². The number of aromatic amines is 1. The van der Waals surface area contributed by atoms with Crippen LogP contribution in [-0.4, -0.2) is 16.7 Å². The van der Waals surface area contributed by atoms with Crippen LogP contribution in [-0.2, 0) is 0 Å². The van der Waals surface area contributed by atoms with E-state index in [1.165, 1.54) is 6.92 Å². The first-order chi connectivity index (χ1) is 10.7. The first-order valence-electron chi connectivity index (χ1n) is 7.80. The fourth-order valence-corrected chi connectivity index (χ4v) is 3.08. The van der Waals surface area contributed by atoms with Crippen molar-refractivity contribution in [3.05, 3.63) is 57.4 Å². The molecule has 23 heavy (non-hydrogen) atoms. The van der Waals surface area contributed by atoms with Gasteiger partial charge in [-0.3, -0.25) is 9.59 Å². The van der Waals surface area contributed by atoms with Crippen LogP contribution < -0.4 is 5.32 Å². The second-order valence-corrected chi connectivity index (χ2v) is 6.24. The third-order valence-electron chi connectivity index (χ3n) is 4.27. The minimum Gasteiger partial charge on any atom is -0.354 e. The largest absolute Gasteiger partial charge is 0.354 e. The highest BCUT2D eigenvalue weighted by Gasteiger charge is 2.21. The molecule has 0 spiro atoms. The molecule has 2 aromatic rings. The Bertz CT molecular complexity index is 772. The summed E-state index contributed by atoms with van der Waals surface area (Å²) in [6.07, 6.45) is 0. The van der Waals surface area contributed by atoms with Gasteiger partial charge in [-0.1, -0.05) is 23.8 Å². The van der Waals surface area contributed by atoms with Gasteiger partial charge in [0.1, 0.15) is 5.69 Å². The number of ketones is 1. The minimum atomic E-state index is -0.188. The number of amides is 1. The molecular weight excluding hydrogens is 288 g/mol. The van der Waals surface area contributed by atoms with Crippen molar-refractivity contribution in [1.82, 2.24) is 10.3 Å². The molecule has 2 rings (SSSR count). The van der Waals surface area contributed by atoms with Crippen LogP contribution in [0.4, 0.5) is 0 Å². The predicted octanol–water partition coefficient (Wildman–Crippen LogP) is 3.94. The van der Waals surface area contributed by atoms with Crippen LogP contribution in [0.25, 0.3) is 0 Å². The van der Waals surface area contributed by atoms with E-state index in [1.807, 2.05) is 27.7 Å². The fourth-order valence-electron chi connectivity index (χ4n) is 3.08.